The number of ketones is 1. The monoisotopic (exact) mass is 331 g/mol. The molecule has 0 spiro atoms. The normalized spacial score (nSPS) is 15.4. The molecule has 2 aromatic carbocycles. The lowest BCUT2D eigenvalue weighted by Crippen LogP contribution is -2.20. The van der Waals surface area contributed by atoms with Crippen molar-refractivity contribution in [3.8, 4) is 5.75 Å². The molecule has 25 heavy (non-hydrogen) atoms. The Balaban J connectivity index is 1.96. The molecule has 0 saturated carbocycles. The minimum atomic E-state index is -0.0292. The Morgan fingerprint density at radius 1 is 0.920 bits per heavy atom. The summed E-state index contributed by atoms with van der Waals surface area (Å²) in [5.41, 5.74) is 4.28. The lowest BCUT2D eigenvalue weighted by Gasteiger charge is -2.19. The van der Waals surface area contributed by atoms with Gasteiger partial charge in [-0.1, -0.05) is 36.4 Å². The Labute approximate surface area is 146 Å². The van der Waals surface area contributed by atoms with Crippen LogP contribution in [0.1, 0.15) is 21.5 Å². The van der Waals surface area contributed by atoms with Crippen LogP contribution in [-0.4, -0.2) is 43.6 Å². The van der Waals surface area contributed by atoms with Crippen LogP contribution in [-0.2, 0) is 0 Å². The van der Waals surface area contributed by atoms with E-state index in [4.69, 9.17) is 4.74 Å². The van der Waals surface area contributed by atoms with E-state index in [1.165, 1.54) is 0 Å². The molecule has 5 nitrogen and oxygen atoms in total. The Bertz CT molecular complexity index is 967. The van der Waals surface area contributed by atoms with E-state index in [1.807, 2.05) is 67.5 Å². The van der Waals surface area contributed by atoms with E-state index in [0.717, 1.165) is 22.6 Å². The SMILES string of the molecule is COc1ccc(C2=C3N=C(N(C)C)N=C3c3ccccc3C2=O)cc1. The van der Waals surface area contributed by atoms with Crippen molar-refractivity contribution in [3.63, 3.8) is 0 Å². The Hall–Kier alpha value is -3.21. The molecule has 4 rings (SSSR count). The van der Waals surface area contributed by atoms with Gasteiger partial charge in [-0.3, -0.25) is 4.79 Å². The van der Waals surface area contributed by atoms with Crippen molar-refractivity contribution < 1.29 is 9.53 Å². The fourth-order valence-corrected chi connectivity index (χ4v) is 3.05. The van der Waals surface area contributed by atoms with Crippen LogP contribution in [0.4, 0.5) is 0 Å². The number of carbonyl (C=O) groups is 1. The van der Waals surface area contributed by atoms with Crippen LogP contribution >= 0.6 is 0 Å². The average Bonchev–Trinajstić information content (AvgIpc) is 3.08. The largest absolute Gasteiger partial charge is 0.497 e. The molecule has 0 aromatic heterocycles. The lowest BCUT2D eigenvalue weighted by molar-refractivity contribution is 0.105. The van der Waals surface area contributed by atoms with Crippen molar-refractivity contribution in [2.24, 2.45) is 9.98 Å². The minimum Gasteiger partial charge on any atom is -0.497 e. The van der Waals surface area contributed by atoms with Gasteiger partial charge in [-0.05, 0) is 17.7 Å². The molecule has 1 heterocycles. The van der Waals surface area contributed by atoms with Gasteiger partial charge in [0, 0.05) is 25.2 Å². The number of hydrogen-bond donors (Lipinski definition) is 0. The molecule has 0 saturated heterocycles. The predicted octanol–water partition coefficient (Wildman–Crippen LogP) is 3.02. The van der Waals surface area contributed by atoms with Crippen molar-refractivity contribution in [1.29, 1.82) is 0 Å². The molecule has 0 amide bonds. The summed E-state index contributed by atoms with van der Waals surface area (Å²) in [6, 6.07) is 15.0. The molecule has 0 bridgehead atoms. The summed E-state index contributed by atoms with van der Waals surface area (Å²) in [5, 5.41) is 0. The van der Waals surface area contributed by atoms with Crippen molar-refractivity contribution in [2.45, 2.75) is 0 Å². The summed E-state index contributed by atoms with van der Waals surface area (Å²) in [5.74, 6) is 1.31. The first-order chi connectivity index (χ1) is 12.1. The topological polar surface area (TPSA) is 54.3 Å². The summed E-state index contributed by atoms with van der Waals surface area (Å²) >= 11 is 0. The third-order valence-corrected chi connectivity index (χ3v) is 4.32. The highest BCUT2D eigenvalue weighted by atomic mass is 16.5. The van der Waals surface area contributed by atoms with Gasteiger partial charge >= 0.3 is 0 Å². The fourth-order valence-electron chi connectivity index (χ4n) is 3.05. The van der Waals surface area contributed by atoms with Crippen LogP contribution in [0.3, 0.4) is 0 Å². The third-order valence-electron chi connectivity index (χ3n) is 4.32. The molecule has 2 aliphatic rings. The number of rotatable bonds is 2. The van der Waals surface area contributed by atoms with E-state index in [9.17, 15) is 4.79 Å². The second-order valence-electron chi connectivity index (χ2n) is 6.09. The van der Waals surface area contributed by atoms with Gasteiger partial charge in [0.1, 0.15) is 17.2 Å². The van der Waals surface area contributed by atoms with E-state index in [-0.39, 0.29) is 5.78 Å². The van der Waals surface area contributed by atoms with Crippen LogP contribution in [0.2, 0.25) is 0 Å². The van der Waals surface area contributed by atoms with Gasteiger partial charge in [-0.15, -0.1) is 0 Å². The number of methoxy groups -OCH3 is 1. The zero-order chi connectivity index (χ0) is 17.6. The first-order valence-electron chi connectivity index (χ1n) is 7.98. The fraction of sp³-hybridized carbons (Fsp3) is 0.150. The highest BCUT2D eigenvalue weighted by molar-refractivity contribution is 6.43. The third kappa shape index (κ3) is 2.36. The molecule has 0 unspecified atom stereocenters. The van der Waals surface area contributed by atoms with Gasteiger partial charge < -0.3 is 9.64 Å². The molecule has 5 heteroatoms. The Kier molecular flexibility index (Phi) is 3.50. The molecule has 1 aliphatic carbocycles. The van der Waals surface area contributed by atoms with Gasteiger partial charge in [0.25, 0.3) is 0 Å². The first-order valence-corrected chi connectivity index (χ1v) is 7.98. The number of Topliss-reactive ketones (excluding diaryl/α,β-unsaturated/α-hetero) is 1. The molecular weight excluding hydrogens is 314 g/mol. The van der Waals surface area contributed by atoms with Crippen molar-refractivity contribution >= 4 is 23.0 Å². The zero-order valence-corrected chi connectivity index (χ0v) is 14.3. The predicted molar refractivity (Wildman–Crippen MR) is 98.3 cm³/mol. The van der Waals surface area contributed by atoms with Crippen molar-refractivity contribution in [1.82, 2.24) is 4.90 Å². The number of carbonyl (C=O) groups excluding carboxylic acids is 1. The number of benzene rings is 2. The van der Waals surface area contributed by atoms with Crippen LogP contribution in [0.25, 0.3) is 5.57 Å². The summed E-state index contributed by atoms with van der Waals surface area (Å²) in [6.45, 7) is 0. The standard InChI is InChI=1S/C20H17N3O2/c1-23(2)20-21-17-14-6-4-5-7-15(14)19(24)16(18(17)22-20)12-8-10-13(25-3)11-9-12/h4-11H,1-3H3. The lowest BCUT2D eigenvalue weighted by atomic mass is 9.84. The number of allylic oxidation sites excluding steroid dienone is 2. The van der Waals surface area contributed by atoms with E-state index >= 15 is 0 Å². The quantitative estimate of drug-likeness (QED) is 0.850. The van der Waals surface area contributed by atoms with Crippen molar-refractivity contribution in [2.75, 3.05) is 21.2 Å². The maximum Gasteiger partial charge on any atom is 0.226 e. The van der Waals surface area contributed by atoms with E-state index in [2.05, 4.69) is 9.98 Å². The van der Waals surface area contributed by atoms with Gasteiger partial charge in [0.15, 0.2) is 5.78 Å². The molecule has 1 aliphatic heterocycles. The molecular formula is C20H17N3O2. The van der Waals surface area contributed by atoms with Gasteiger partial charge in [0.2, 0.25) is 5.96 Å². The summed E-state index contributed by atoms with van der Waals surface area (Å²) in [6.07, 6.45) is 0. The molecule has 0 N–H and O–H groups in total. The molecule has 0 atom stereocenters. The maximum atomic E-state index is 13.2. The number of guanidine groups is 1. The summed E-state index contributed by atoms with van der Waals surface area (Å²) in [4.78, 5) is 24.3. The Morgan fingerprint density at radius 3 is 2.24 bits per heavy atom. The number of nitrogens with zero attached hydrogens (tertiary/aromatic N) is 3. The second-order valence-corrected chi connectivity index (χ2v) is 6.09. The van der Waals surface area contributed by atoms with E-state index in [1.54, 1.807) is 7.11 Å². The molecule has 2 aromatic rings. The first kappa shape index (κ1) is 15.3. The number of ether oxygens (including phenoxy) is 1. The average molecular weight is 331 g/mol. The van der Waals surface area contributed by atoms with Gasteiger partial charge in [0.05, 0.1) is 12.7 Å². The van der Waals surface area contributed by atoms with E-state index < -0.39 is 0 Å². The maximum absolute atomic E-state index is 13.2. The zero-order valence-electron chi connectivity index (χ0n) is 14.3. The number of hydrogen-bond acceptors (Lipinski definition) is 5. The molecule has 0 fully saturated rings. The van der Waals surface area contributed by atoms with Crippen LogP contribution in [0.15, 0.2) is 64.2 Å². The van der Waals surface area contributed by atoms with Gasteiger partial charge in [-0.25, -0.2) is 9.98 Å². The minimum absolute atomic E-state index is 0.0292. The summed E-state index contributed by atoms with van der Waals surface area (Å²) in [7, 11) is 5.40. The smallest absolute Gasteiger partial charge is 0.226 e. The van der Waals surface area contributed by atoms with Crippen LogP contribution < -0.4 is 4.74 Å². The second kappa shape index (κ2) is 5.70. The number of fused-ring (bicyclic) bond motifs is 3. The molecule has 0 radical (unpaired) electrons. The van der Waals surface area contributed by atoms with Gasteiger partial charge in [-0.2, -0.15) is 0 Å². The van der Waals surface area contributed by atoms with Crippen molar-refractivity contribution in [3.05, 3.63) is 70.9 Å². The van der Waals surface area contributed by atoms with Crippen LogP contribution in [0, 0.1) is 0 Å². The van der Waals surface area contributed by atoms with Crippen LogP contribution in [0.5, 0.6) is 5.75 Å². The molecule has 124 valence electrons. The van der Waals surface area contributed by atoms with E-state index in [0.29, 0.717) is 22.8 Å². The summed E-state index contributed by atoms with van der Waals surface area (Å²) < 4.78 is 5.22. The highest BCUT2D eigenvalue weighted by Gasteiger charge is 2.34. The number of aliphatic imine (C=N–C) groups is 2. The highest BCUT2D eigenvalue weighted by Crippen LogP contribution is 2.36. The Morgan fingerprint density at radius 2 is 1.60 bits per heavy atom.